The molecule has 0 spiro atoms. The van der Waals surface area contributed by atoms with E-state index in [0.717, 1.165) is 17.8 Å². The van der Waals surface area contributed by atoms with Crippen LogP contribution in [0.3, 0.4) is 0 Å². The lowest BCUT2D eigenvalue weighted by molar-refractivity contribution is 0.0973. The van der Waals surface area contributed by atoms with Crippen LogP contribution in [0.25, 0.3) is 0 Å². The summed E-state index contributed by atoms with van der Waals surface area (Å²) in [4.78, 5) is 42.0. The fourth-order valence-electron chi connectivity index (χ4n) is 3.20. The van der Waals surface area contributed by atoms with E-state index in [-0.39, 0.29) is 35.7 Å². The van der Waals surface area contributed by atoms with E-state index in [9.17, 15) is 14.4 Å². The zero-order valence-electron chi connectivity index (χ0n) is 15.5. The Hall–Kier alpha value is -2.56. The molecule has 26 heavy (non-hydrogen) atoms. The summed E-state index contributed by atoms with van der Waals surface area (Å²) in [7, 11) is 0. The highest BCUT2D eigenvalue weighted by Crippen LogP contribution is 2.41. The Kier molecular flexibility index (Phi) is 5.16. The zero-order valence-corrected chi connectivity index (χ0v) is 15.5. The Morgan fingerprint density at radius 2 is 2.00 bits per heavy atom. The minimum atomic E-state index is -0.364. The monoisotopic (exact) mass is 352 g/mol. The van der Waals surface area contributed by atoms with Crippen LogP contribution in [-0.2, 0) is 6.54 Å². The first-order chi connectivity index (χ1) is 12.4. The lowest BCUT2D eigenvalue weighted by atomic mass is 10.0. The SMILES string of the molecule is CCC(=O)c1cc(C(=O)C[C@H]2C[C@@H]2C)cn(Cc2cccc(C)n2)c1=O. The summed E-state index contributed by atoms with van der Waals surface area (Å²) < 4.78 is 1.44. The summed E-state index contributed by atoms with van der Waals surface area (Å²) in [6, 6.07) is 7.07. The van der Waals surface area contributed by atoms with E-state index in [1.165, 1.54) is 10.6 Å². The second-order valence-electron chi connectivity index (χ2n) is 7.22. The molecule has 0 aromatic carbocycles. The predicted molar refractivity (Wildman–Crippen MR) is 99.6 cm³/mol. The Bertz CT molecular complexity index is 914. The van der Waals surface area contributed by atoms with Crippen molar-refractivity contribution in [3.8, 4) is 0 Å². The molecule has 5 heteroatoms. The second kappa shape index (κ2) is 7.36. The molecule has 1 aliphatic carbocycles. The molecular weight excluding hydrogens is 328 g/mol. The van der Waals surface area contributed by atoms with Crippen molar-refractivity contribution in [3.05, 3.63) is 63.3 Å². The van der Waals surface area contributed by atoms with Crippen molar-refractivity contribution in [2.45, 2.75) is 46.6 Å². The summed E-state index contributed by atoms with van der Waals surface area (Å²) in [6.07, 6.45) is 3.35. The number of rotatable bonds is 7. The topological polar surface area (TPSA) is 69.0 Å². The molecule has 1 aliphatic rings. The van der Waals surface area contributed by atoms with Gasteiger partial charge in [-0.05, 0) is 43.4 Å². The summed E-state index contributed by atoms with van der Waals surface area (Å²) in [6.45, 7) is 5.98. The molecule has 2 heterocycles. The number of hydrogen-bond donors (Lipinski definition) is 0. The van der Waals surface area contributed by atoms with Crippen molar-refractivity contribution < 1.29 is 9.59 Å². The van der Waals surface area contributed by atoms with Crippen LogP contribution in [0.1, 0.15) is 65.2 Å². The summed E-state index contributed by atoms with van der Waals surface area (Å²) in [5.41, 5.74) is 1.75. The van der Waals surface area contributed by atoms with E-state index in [1.807, 2.05) is 25.1 Å². The van der Waals surface area contributed by atoms with Crippen LogP contribution < -0.4 is 5.56 Å². The third-order valence-electron chi connectivity index (χ3n) is 5.03. The maximum absolute atomic E-state index is 12.7. The van der Waals surface area contributed by atoms with Gasteiger partial charge in [-0.25, -0.2) is 0 Å². The lowest BCUT2D eigenvalue weighted by Gasteiger charge is -2.11. The molecule has 1 fully saturated rings. The first-order valence-electron chi connectivity index (χ1n) is 9.12. The Labute approximate surface area is 153 Å². The zero-order chi connectivity index (χ0) is 18.8. The maximum Gasteiger partial charge on any atom is 0.261 e. The van der Waals surface area contributed by atoms with Gasteiger partial charge in [-0.15, -0.1) is 0 Å². The molecule has 0 bridgehead atoms. The highest BCUT2D eigenvalue weighted by molar-refractivity contribution is 6.01. The lowest BCUT2D eigenvalue weighted by Crippen LogP contribution is -2.28. The number of ketones is 2. The van der Waals surface area contributed by atoms with Gasteiger partial charge in [0.1, 0.15) is 0 Å². The minimum absolute atomic E-state index is 0.00421. The van der Waals surface area contributed by atoms with Gasteiger partial charge < -0.3 is 4.57 Å². The van der Waals surface area contributed by atoms with E-state index in [4.69, 9.17) is 0 Å². The number of carbonyl (C=O) groups is 2. The van der Waals surface area contributed by atoms with Gasteiger partial charge in [-0.3, -0.25) is 19.4 Å². The highest BCUT2D eigenvalue weighted by Gasteiger charge is 2.34. The molecule has 0 N–H and O–H groups in total. The van der Waals surface area contributed by atoms with Crippen molar-refractivity contribution in [1.82, 2.24) is 9.55 Å². The molecular formula is C21H24N2O3. The van der Waals surface area contributed by atoms with Gasteiger partial charge in [-0.2, -0.15) is 0 Å². The van der Waals surface area contributed by atoms with Crippen molar-refractivity contribution in [3.63, 3.8) is 0 Å². The fraction of sp³-hybridized carbons (Fsp3) is 0.429. The Morgan fingerprint density at radius 3 is 2.62 bits per heavy atom. The Morgan fingerprint density at radius 1 is 1.27 bits per heavy atom. The number of nitrogens with zero attached hydrogens (tertiary/aromatic N) is 2. The van der Waals surface area contributed by atoms with Gasteiger partial charge in [-0.1, -0.05) is 19.9 Å². The molecule has 136 valence electrons. The summed E-state index contributed by atoms with van der Waals surface area (Å²) in [5, 5.41) is 0. The van der Waals surface area contributed by atoms with Gasteiger partial charge in [0.2, 0.25) is 0 Å². The summed E-state index contributed by atoms with van der Waals surface area (Å²) in [5.74, 6) is 0.760. The van der Waals surface area contributed by atoms with Gasteiger partial charge in [0, 0.05) is 30.3 Å². The number of aryl methyl sites for hydroxylation is 1. The van der Waals surface area contributed by atoms with E-state index in [2.05, 4.69) is 11.9 Å². The first kappa shape index (κ1) is 18.2. The van der Waals surface area contributed by atoms with E-state index in [1.54, 1.807) is 13.1 Å². The second-order valence-corrected chi connectivity index (χ2v) is 7.22. The smallest absolute Gasteiger partial charge is 0.261 e. The van der Waals surface area contributed by atoms with Crippen LogP contribution in [-0.4, -0.2) is 21.1 Å². The molecule has 2 atom stereocenters. The molecule has 0 unspecified atom stereocenters. The number of hydrogen-bond acceptors (Lipinski definition) is 4. The molecule has 3 rings (SSSR count). The van der Waals surface area contributed by atoms with Gasteiger partial charge in [0.15, 0.2) is 11.6 Å². The minimum Gasteiger partial charge on any atom is -0.308 e. The number of Topliss-reactive ketones (excluding diaryl/α,β-unsaturated/α-hetero) is 2. The quantitative estimate of drug-likeness (QED) is 0.716. The van der Waals surface area contributed by atoms with E-state index >= 15 is 0 Å². The molecule has 2 aromatic rings. The van der Waals surface area contributed by atoms with Crippen molar-refractivity contribution >= 4 is 11.6 Å². The van der Waals surface area contributed by atoms with Crippen LogP contribution in [0, 0.1) is 18.8 Å². The Balaban J connectivity index is 1.98. The van der Waals surface area contributed by atoms with Gasteiger partial charge in [0.25, 0.3) is 5.56 Å². The molecule has 5 nitrogen and oxygen atoms in total. The fourth-order valence-corrected chi connectivity index (χ4v) is 3.20. The van der Waals surface area contributed by atoms with Gasteiger partial charge >= 0.3 is 0 Å². The summed E-state index contributed by atoms with van der Waals surface area (Å²) >= 11 is 0. The predicted octanol–water partition coefficient (Wildman–Crippen LogP) is 3.42. The van der Waals surface area contributed by atoms with E-state index in [0.29, 0.717) is 23.8 Å². The van der Waals surface area contributed by atoms with Crippen LogP contribution in [0.5, 0.6) is 0 Å². The van der Waals surface area contributed by atoms with Crippen LogP contribution in [0.2, 0.25) is 0 Å². The molecule has 0 amide bonds. The van der Waals surface area contributed by atoms with Crippen molar-refractivity contribution in [1.29, 1.82) is 0 Å². The largest absolute Gasteiger partial charge is 0.308 e. The third kappa shape index (κ3) is 3.98. The average Bonchev–Trinajstić information content (AvgIpc) is 3.30. The molecule has 1 saturated carbocycles. The van der Waals surface area contributed by atoms with Crippen LogP contribution >= 0.6 is 0 Å². The number of carbonyl (C=O) groups excluding carboxylic acids is 2. The molecule has 0 radical (unpaired) electrons. The number of aromatic nitrogens is 2. The third-order valence-corrected chi connectivity index (χ3v) is 5.03. The molecule has 2 aromatic heterocycles. The normalized spacial score (nSPS) is 18.6. The standard InChI is InChI=1S/C21H24N2O3/c1-4-19(24)18-9-16(20(25)10-15-8-13(15)2)11-23(21(18)26)12-17-7-5-6-14(3)22-17/h5-7,9,11,13,15H,4,8,10,12H2,1-3H3/t13-,15+/m0/s1. The van der Waals surface area contributed by atoms with Crippen molar-refractivity contribution in [2.75, 3.05) is 0 Å². The van der Waals surface area contributed by atoms with Crippen molar-refractivity contribution in [2.24, 2.45) is 11.8 Å². The highest BCUT2D eigenvalue weighted by atomic mass is 16.1. The van der Waals surface area contributed by atoms with Crippen LogP contribution in [0.15, 0.2) is 35.3 Å². The number of pyridine rings is 2. The first-order valence-corrected chi connectivity index (χ1v) is 9.12. The van der Waals surface area contributed by atoms with E-state index < -0.39 is 0 Å². The molecule has 0 saturated heterocycles. The van der Waals surface area contributed by atoms with Crippen LogP contribution in [0.4, 0.5) is 0 Å². The van der Waals surface area contributed by atoms with Gasteiger partial charge in [0.05, 0.1) is 17.8 Å². The average molecular weight is 352 g/mol. The maximum atomic E-state index is 12.7. The molecule has 0 aliphatic heterocycles.